The molecular weight excluding hydrogens is 202 g/mol. The minimum atomic E-state index is -0.193. The van der Waals surface area contributed by atoms with Gasteiger partial charge in [-0.2, -0.15) is 0 Å². The molecule has 0 unspecified atom stereocenters. The minimum absolute atomic E-state index is 0.153. The molecule has 2 aliphatic rings. The molecule has 1 fully saturated rings. The number of hydrogen-bond acceptors (Lipinski definition) is 3. The maximum atomic E-state index is 12.2. The van der Waals surface area contributed by atoms with E-state index in [9.17, 15) is 4.79 Å². The average molecular weight is 217 g/mol. The maximum Gasteiger partial charge on any atom is 0.232 e. The molecule has 1 aromatic rings. The fraction of sp³-hybridized carbons (Fsp3) is 0.500. The summed E-state index contributed by atoms with van der Waals surface area (Å²) in [5, 5.41) is 6.25. The van der Waals surface area contributed by atoms with Gasteiger partial charge in [-0.3, -0.25) is 4.79 Å². The van der Waals surface area contributed by atoms with Crippen LogP contribution in [0.5, 0.6) is 0 Å². The normalized spacial score (nSPS) is 22.6. The van der Waals surface area contributed by atoms with Crippen molar-refractivity contribution in [2.75, 3.05) is 18.4 Å². The van der Waals surface area contributed by atoms with Gasteiger partial charge >= 0.3 is 0 Å². The van der Waals surface area contributed by atoms with Crippen LogP contribution >= 0.6 is 0 Å². The van der Waals surface area contributed by atoms with Crippen molar-refractivity contribution in [1.29, 1.82) is 0 Å². The molecule has 2 N–H and O–H groups in total. The van der Waals surface area contributed by atoms with Crippen LogP contribution in [0.3, 0.4) is 0 Å². The van der Waals surface area contributed by atoms with Crippen molar-refractivity contribution in [2.45, 2.75) is 19.3 Å². The second-order valence-corrected chi connectivity index (χ2v) is 4.67. The standard InChI is InChI=1S/C12H15N3O/c16-11-12(3-6-13-7-4-12)8-9-2-1-5-14-10(9)15-11/h1-2,5,13H,3-4,6-8H2,(H,14,15,16). The van der Waals surface area contributed by atoms with E-state index in [1.54, 1.807) is 6.20 Å². The van der Waals surface area contributed by atoms with Gasteiger partial charge in [0.2, 0.25) is 5.91 Å². The fourth-order valence-electron chi connectivity index (χ4n) is 2.69. The SMILES string of the molecule is O=C1Nc2ncccc2CC12CCNCC2. The van der Waals surface area contributed by atoms with Gasteiger partial charge in [0.05, 0.1) is 5.41 Å². The van der Waals surface area contributed by atoms with E-state index in [4.69, 9.17) is 0 Å². The van der Waals surface area contributed by atoms with Gasteiger partial charge in [0.1, 0.15) is 5.82 Å². The smallest absolute Gasteiger partial charge is 0.232 e. The van der Waals surface area contributed by atoms with Crippen LogP contribution in [-0.2, 0) is 11.2 Å². The molecule has 3 heterocycles. The van der Waals surface area contributed by atoms with E-state index in [0.717, 1.165) is 38.2 Å². The van der Waals surface area contributed by atoms with E-state index in [2.05, 4.69) is 21.7 Å². The predicted molar refractivity (Wildman–Crippen MR) is 61.1 cm³/mol. The van der Waals surface area contributed by atoms with Crippen LogP contribution in [0.25, 0.3) is 0 Å². The zero-order chi connectivity index (χ0) is 11.0. The van der Waals surface area contributed by atoms with Gasteiger partial charge in [-0.1, -0.05) is 6.07 Å². The summed E-state index contributed by atoms with van der Waals surface area (Å²) in [6.07, 6.45) is 4.41. The lowest BCUT2D eigenvalue weighted by Crippen LogP contribution is -2.48. The van der Waals surface area contributed by atoms with Gasteiger partial charge in [0, 0.05) is 6.20 Å². The fourth-order valence-corrected chi connectivity index (χ4v) is 2.69. The lowest BCUT2D eigenvalue weighted by molar-refractivity contribution is -0.127. The first-order valence-corrected chi connectivity index (χ1v) is 5.76. The van der Waals surface area contributed by atoms with Gasteiger partial charge in [-0.05, 0) is 44.0 Å². The molecule has 1 aromatic heterocycles. The molecule has 4 nitrogen and oxygen atoms in total. The number of anilines is 1. The summed E-state index contributed by atoms with van der Waals surface area (Å²) >= 11 is 0. The molecule has 0 aliphatic carbocycles. The highest BCUT2D eigenvalue weighted by Gasteiger charge is 2.43. The molecule has 1 amide bonds. The number of rotatable bonds is 0. The summed E-state index contributed by atoms with van der Waals surface area (Å²) < 4.78 is 0. The lowest BCUT2D eigenvalue weighted by atomic mass is 9.72. The first kappa shape index (κ1) is 9.78. The van der Waals surface area contributed by atoms with Crippen LogP contribution in [0.4, 0.5) is 5.82 Å². The van der Waals surface area contributed by atoms with Crippen molar-refractivity contribution in [3.63, 3.8) is 0 Å². The molecule has 4 heteroatoms. The number of pyridine rings is 1. The van der Waals surface area contributed by atoms with Crippen molar-refractivity contribution in [1.82, 2.24) is 10.3 Å². The van der Waals surface area contributed by atoms with E-state index in [1.165, 1.54) is 5.56 Å². The Morgan fingerprint density at radius 2 is 2.12 bits per heavy atom. The Bertz CT molecular complexity index is 424. The molecule has 84 valence electrons. The number of nitrogens with zero attached hydrogens (tertiary/aromatic N) is 1. The highest BCUT2D eigenvalue weighted by atomic mass is 16.2. The summed E-state index contributed by atoms with van der Waals surface area (Å²) in [7, 11) is 0. The second-order valence-electron chi connectivity index (χ2n) is 4.67. The number of piperidine rings is 1. The minimum Gasteiger partial charge on any atom is -0.317 e. The monoisotopic (exact) mass is 217 g/mol. The molecule has 2 aliphatic heterocycles. The Morgan fingerprint density at radius 3 is 2.94 bits per heavy atom. The largest absolute Gasteiger partial charge is 0.317 e. The van der Waals surface area contributed by atoms with E-state index < -0.39 is 0 Å². The topological polar surface area (TPSA) is 54.0 Å². The number of fused-ring (bicyclic) bond motifs is 1. The first-order valence-electron chi connectivity index (χ1n) is 5.76. The second kappa shape index (κ2) is 3.56. The number of carbonyl (C=O) groups excluding carboxylic acids is 1. The molecule has 16 heavy (non-hydrogen) atoms. The number of aromatic nitrogens is 1. The van der Waals surface area contributed by atoms with Crippen molar-refractivity contribution >= 4 is 11.7 Å². The Kier molecular flexibility index (Phi) is 2.17. The molecule has 0 aromatic carbocycles. The van der Waals surface area contributed by atoms with E-state index in [0.29, 0.717) is 0 Å². The summed E-state index contributed by atoms with van der Waals surface area (Å²) in [6, 6.07) is 4.00. The Balaban J connectivity index is 1.97. The van der Waals surface area contributed by atoms with E-state index in [1.807, 2.05) is 6.07 Å². The molecular formula is C12H15N3O. The van der Waals surface area contributed by atoms with Crippen LogP contribution in [0.1, 0.15) is 18.4 Å². The third kappa shape index (κ3) is 1.41. The predicted octanol–water partition coefficient (Wildman–Crippen LogP) is 0.946. The summed E-state index contributed by atoms with van der Waals surface area (Å²) in [6.45, 7) is 1.87. The van der Waals surface area contributed by atoms with Gasteiger partial charge in [0.15, 0.2) is 0 Å². The van der Waals surface area contributed by atoms with Gasteiger partial charge in [-0.25, -0.2) is 4.98 Å². The molecule has 1 spiro atoms. The summed E-state index contributed by atoms with van der Waals surface area (Å²) in [5.41, 5.74) is 0.977. The third-order valence-electron chi connectivity index (χ3n) is 3.69. The van der Waals surface area contributed by atoms with Gasteiger partial charge in [-0.15, -0.1) is 0 Å². The number of nitrogens with one attached hydrogen (secondary N) is 2. The quantitative estimate of drug-likeness (QED) is 0.680. The Morgan fingerprint density at radius 1 is 1.31 bits per heavy atom. The van der Waals surface area contributed by atoms with Gasteiger partial charge < -0.3 is 10.6 Å². The van der Waals surface area contributed by atoms with Crippen molar-refractivity contribution < 1.29 is 4.79 Å². The maximum absolute atomic E-state index is 12.2. The zero-order valence-corrected chi connectivity index (χ0v) is 9.12. The van der Waals surface area contributed by atoms with Crippen LogP contribution in [0, 0.1) is 5.41 Å². The van der Waals surface area contributed by atoms with E-state index >= 15 is 0 Å². The van der Waals surface area contributed by atoms with Crippen molar-refractivity contribution in [2.24, 2.45) is 5.41 Å². The Labute approximate surface area is 94.5 Å². The summed E-state index contributed by atoms with van der Waals surface area (Å²) in [4.78, 5) is 16.4. The number of carbonyl (C=O) groups is 1. The zero-order valence-electron chi connectivity index (χ0n) is 9.12. The average Bonchev–Trinajstić information content (AvgIpc) is 2.32. The molecule has 0 radical (unpaired) electrons. The van der Waals surface area contributed by atoms with Crippen LogP contribution in [0.2, 0.25) is 0 Å². The first-order chi connectivity index (χ1) is 7.80. The van der Waals surface area contributed by atoms with E-state index in [-0.39, 0.29) is 11.3 Å². The molecule has 0 saturated carbocycles. The third-order valence-corrected chi connectivity index (χ3v) is 3.69. The van der Waals surface area contributed by atoms with Crippen LogP contribution in [-0.4, -0.2) is 24.0 Å². The lowest BCUT2D eigenvalue weighted by Gasteiger charge is -2.39. The molecule has 0 bridgehead atoms. The van der Waals surface area contributed by atoms with Gasteiger partial charge in [0.25, 0.3) is 0 Å². The van der Waals surface area contributed by atoms with Crippen LogP contribution < -0.4 is 10.6 Å². The highest BCUT2D eigenvalue weighted by molar-refractivity contribution is 5.97. The van der Waals surface area contributed by atoms with Crippen molar-refractivity contribution in [3.8, 4) is 0 Å². The summed E-state index contributed by atoms with van der Waals surface area (Å²) in [5.74, 6) is 0.900. The molecule has 1 saturated heterocycles. The molecule has 0 atom stereocenters. The Hall–Kier alpha value is -1.42. The van der Waals surface area contributed by atoms with Crippen LogP contribution in [0.15, 0.2) is 18.3 Å². The highest BCUT2D eigenvalue weighted by Crippen LogP contribution is 2.39. The van der Waals surface area contributed by atoms with Crippen molar-refractivity contribution in [3.05, 3.63) is 23.9 Å². The number of amides is 1. The number of hydrogen-bond donors (Lipinski definition) is 2. The molecule has 3 rings (SSSR count).